The van der Waals surface area contributed by atoms with Crippen molar-refractivity contribution in [2.75, 3.05) is 0 Å². The van der Waals surface area contributed by atoms with Gasteiger partial charge in [0.25, 0.3) is 0 Å². The van der Waals surface area contributed by atoms with E-state index in [9.17, 15) is 19.8 Å². The molecule has 0 spiro atoms. The summed E-state index contributed by atoms with van der Waals surface area (Å²) in [6.45, 7) is 8.20. The third kappa shape index (κ3) is 2.56. The quantitative estimate of drug-likeness (QED) is 0.777. The van der Waals surface area contributed by atoms with Crippen molar-refractivity contribution >= 4 is 11.6 Å². The number of hydrogen-bond acceptors (Lipinski definition) is 4. The minimum absolute atomic E-state index is 0.0376. The molecule has 3 fully saturated rings. The topological polar surface area (TPSA) is 74.6 Å². The Morgan fingerprint density at radius 1 is 1.29 bits per heavy atom. The summed E-state index contributed by atoms with van der Waals surface area (Å²) < 4.78 is 0. The molecule has 0 aromatic carbocycles. The van der Waals surface area contributed by atoms with Crippen LogP contribution in [0.1, 0.15) is 66.2 Å². The largest absolute Gasteiger partial charge is 0.393 e. The van der Waals surface area contributed by atoms with Crippen LogP contribution in [0.25, 0.3) is 0 Å². The van der Waals surface area contributed by atoms with E-state index >= 15 is 0 Å². The molecule has 4 heteroatoms. The van der Waals surface area contributed by atoms with Crippen molar-refractivity contribution in [1.82, 2.24) is 0 Å². The van der Waals surface area contributed by atoms with Gasteiger partial charge in [0.05, 0.1) is 6.10 Å². The number of fused-ring (bicyclic) bond motifs is 5. The highest BCUT2D eigenvalue weighted by Gasteiger charge is 2.67. The van der Waals surface area contributed by atoms with Gasteiger partial charge in [-0.3, -0.25) is 9.59 Å². The van der Waals surface area contributed by atoms with Crippen molar-refractivity contribution in [3.63, 3.8) is 0 Å². The lowest BCUT2D eigenvalue weighted by atomic mass is 9.46. The fourth-order valence-electron chi connectivity index (χ4n) is 7.33. The second-order valence-corrected chi connectivity index (χ2v) is 10.6. The van der Waals surface area contributed by atoms with Crippen molar-refractivity contribution in [2.45, 2.75) is 77.9 Å². The van der Waals surface area contributed by atoms with Crippen LogP contribution in [0.3, 0.4) is 0 Å². The van der Waals surface area contributed by atoms with Gasteiger partial charge in [-0.05, 0) is 62.0 Å². The Hall–Kier alpha value is -1.26. The molecule has 154 valence electrons. The van der Waals surface area contributed by atoms with E-state index in [1.54, 1.807) is 12.2 Å². The van der Waals surface area contributed by atoms with Crippen molar-refractivity contribution in [1.29, 1.82) is 0 Å². The Kier molecular flexibility index (Phi) is 4.56. The van der Waals surface area contributed by atoms with Crippen molar-refractivity contribution in [2.24, 2.45) is 34.5 Å². The van der Waals surface area contributed by atoms with E-state index in [0.29, 0.717) is 19.3 Å². The minimum Gasteiger partial charge on any atom is -0.393 e. The standard InChI is InChI=1S/C24H34O4/c1-14(2)11-20(27)24(28)10-8-18-17-6-5-15-12-16(25)7-9-22(15,3)21(17)19(26)13-23(18,24)4/h7,9,12,14,17-19,21,26,28H,5-6,8,10-11,13H2,1-4H3/t17-,18-,19-,21+,22-,23-,24-/m0/s1. The molecule has 4 aliphatic carbocycles. The number of hydrogen-bond donors (Lipinski definition) is 2. The smallest absolute Gasteiger partial charge is 0.178 e. The minimum atomic E-state index is -1.33. The number of rotatable bonds is 3. The average Bonchev–Trinajstić information content (AvgIpc) is 2.87. The molecule has 0 heterocycles. The van der Waals surface area contributed by atoms with Gasteiger partial charge < -0.3 is 10.2 Å². The Bertz CT molecular complexity index is 765. The van der Waals surface area contributed by atoms with Crippen LogP contribution in [0.5, 0.6) is 0 Å². The molecule has 0 aromatic rings. The Labute approximate surface area is 168 Å². The van der Waals surface area contributed by atoms with Crippen LogP contribution in [0.4, 0.5) is 0 Å². The highest BCUT2D eigenvalue weighted by molar-refractivity contribution is 6.01. The maximum absolute atomic E-state index is 13.0. The van der Waals surface area contributed by atoms with Gasteiger partial charge in [-0.25, -0.2) is 0 Å². The van der Waals surface area contributed by atoms with Crippen molar-refractivity contribution in [3.05, 3.63) is 23.8 Å². The zero-order valence-corrected chi connectivity index (χ0v) is 17.6. The Balaban J connectivity index is 1.70. The highest BCUT2D eigenvalue weighted by Crippen LogP contribution is 2.67. The van der Waals surface area contributed by atoms with E-state index in [0.717, 1.165) is 24.8 Å². The second-order valence-electron chi connectivity index (χ2n) is 10.6. The van der Waals surface area contributed by atoms with Gasteiger partial charge in [0.2, 0.25) is 0 Å². The Morgan fingerprint density at radius 2 is 2.00 bits per heavy atom. The summed E-state index contributed by atoms with van der Waals surface area (Å²) in [6, 6.07) is 0. The number of carbonyl (C=O) groups is 2. The third-order valence-electron chi connectivity index (χ3n) is 8.70. The molecule has 28 heavy (non-hydrogen) atoms. The molecule has 0 radical (unpaired) electrons. The molecule has 2 N–H and O–H groups in total. The fraction of sp³-hybridized carbons (Fsp3) is 0.750. The molecule has 3 saturated carbocycles. The van der Waals surface area contributed by atoms with Crippen LogP contribution in [-0.4, -0.2) is 33.5 Å². The van der Waals surface area contributed by atoms with E-state index in [1.807, 2.05) is 26.8 Å². The summed E-state index contributed by atoms with van der Waals surface area (Å²) in [7, 11) is 0. The zero-order valence-electron chi connectivity index (χ0n) is 17.6. The monoisotopic (exact) mass is 386 g/mol. The van der Waals surface area contributed by atoms with E-state index < -0.39 is 17.1 Å². The predicted octanol–water partition coefficient (Wildman–Crippen LogP) is 3.61. The lowest BCUT2D eigenvalue weighted by Gasteiger charge is -2.59. The molecule has 0 amide bonds. The van der Waals surface area contributed by atoms with E-state index in [-0.39, 0.29) is 40.7 Å². The summed E-state index contributed by atoms with van der Waals surface area (Å²) in [4.78, 5) is 24.9. The van der Waals surface area contributed by atoms with Gasteiger partial charge in [-0.1, -0.05) is 39.3 Å². The van der Waals surface area contributed by atoms with Gasteiger partial charge in [0.15, 0.2) is 11.6 Å². The van der Waals surface area contributed by atoms with E-state index in [1.165, 1.54) is 0 Å². The number of aliphatic hydroxyl groups excluding tert-OH is 1. The van der Waals surface area contributed by atoms with Crippen molar-refractivity contribution in [3.8, 4) is 0 Å². The van der Waals surface area contributed by atoms with Gasteiger partial charge >= 0.3 is 0 Å². The molecule has 0 aliphatic heterocycles. The molecule has 7 atom stereocenters. The number of Topliss-reactive ketones (excluding diaryl/α,β-unsaturated/α-hetero) is 1. The van der Waals surface area contributed by atoms with Crippen LogP contribution < -0.4 is 0 Å². The summed E-state index contributed by atoms with van der Waals surface area (Å²) in [5.41, 5.74) is -1.08. The molecule has 0 aromatic heterocycles. The molecule has 4 rings (SSSR count). The molecule has 0 bridgehead atoms. The van der Waals surface area contributed by atoms with Gasteiger partial charge in [-0.15, -0.1) is 0 Å². The van der Waals surface area contributed by atoms with E-state index in [4.69, 9.17) is 0 Å². The maximum atomic E-state index is 13.0. The summed E-state index contributed by atoms with van der Waals surface area (Å²) in [5.74, 6) is 0.727. The number of carbonyl (C=O) groups excluding carboxylic acids is 2. The first kappa shape index (κ1) is 20.0. The van der Waals surface area contributed by atoms with Gasteiger partial charge in [0, 0.05) is 23.2 Å². The lowest BCUT2D eigenvalue weighted by Crippen LogP contribution is -2.61. The first-order valence-electron chi connectivity index (χ1n) is 10.9. The molecular formula is C24H34O4. The van der Waals surface area contributed by atoms with Gasteiger partial charge in [-0.2, -0.15) is 0 Å². The number of allylic oxidation sites excluding steroid dienone is 4. The summed E-state index contributed by atoms with van der Waals surface area (Å²) >= 11 is 0. The summed E-state index contributed by atoms with van der Waals surface area (Å²) in [6.07, 6.45) is 8.75. The summed E-state index contributed by atoms with van der Waals surface area (Å²) in [5, 5.41) is 22.9. The van der Waals surface area contributed by atoms with Crippen molar-refractivity contribution < 1.29 is 19.8 Å². The van der Waals surface area contributed by atoms with Crippen LogP contribution in [0.15, 0.2) is 23.8 Å². The number of ketones is 2. The second kappa shape index (κ2) is 6.37. The molecule has 0 unspecified atom stereocenters. The first-order valence-corrected chi connectivity index (χ1v) is 10.9. The molecule has 4 nitrogen and oxygen atoms in total. The molecular weight excluding hydrogens is 352 g/mol. The third-order valence-corrected chi connectivity index (χ3v) is 8.70. The van der Waals surface area contributed by atoms with Crippen LogP contribution in [-0.2, 0) is 9.59 Å². The molecule has 0 saturated heterocycles. The average molecular weight is 387 g/mol. The number of aliphatic hydroxyl groups is 2. The molecule has 4 aliphatic rings. The van der Waals surface area contributed by atoms with Gasteiger partial charge in [0.1, 0.15) is 5.60 Å². The van der Waals surface area contributed by atoms with E-state index in [2.05, 4.69) is 6.92 Å². The first-order chi connectivity index (χ1) is 13.0. The van der Waals surface area contributed by atoms with Crippen LogP contribution >= 0.6 is 0 Å². The fourth-order valence-corrected chi connectivity index (χ4v) is 7.33. The predicted molar refractivity (Wildman–Crippen MR) is 107 cm³/mol. The van der Waals surface area contributed by atoms with Crippen LogP contribution in [0.2, 0.25) is 0 Å². The van der Waals surface area contributed by atoms with Crippen LogP contribution in [0, 0.1) is 34.5 Å². The highest BCUT2D eigenvalue weighted by atomic mass is 16.3. The Morgan fingerprint density at radius 3 is 2.68 bits per heavy atom. The SMILES string of the molecule is CC(C)CC(=O)[C@@]1(O)CC[C@H]2[C@@H]3CCC4=CC(=O)C=C[C@]4(C)[C@H]3[C@@H](O)C[C@@]21C. The normalized spacial score (nSPS) is 47.4. The zero-order chi connectivity index (χ0) is 20.5. The lowest BCUT2D eigenvalue weighted by molar-refractivity contribution is -0.177. The maximum Gasteiger partial charge on any atom is 0.178 e.